The summed E-state index contributed by atoms with van der Waals surface area (Å²) in [5.74, 6) is 1.13. The van der Waals surface area contributed by atoms with Crippen molar-refractivity contribution in [1.29, 1.82) is 0 Å². The number of ether oxygens (including phenoxy) is 2. The molecule has 0 radical (unpaired) electrons. The van der Waals surface area contributed by atoms with Crippen molar-refractivity contribution < 1.29 is 19.1 Å². The van der Waals surface area contributed by atoms with Gasteiger partial charge in [0.15, 0.2) is 6.61 Å². The Kier molecular flexibility index (Phi) is 6.64. The molecule has 6 nitrogen and oxygen atoms in total. The zero-order valence-corrected chi connectivity index (χ0v) is 17.7. The van der Waals surface area contributed by atoms with Crippen LogP contribution in [0.25, 0.3) is 0 Å². The zero-order valence-electron chi connectivity index (χ0n) is 16.9. The second-order valence-corrected chi connectivity index (χ2v) is 7.44. The highest BCUT2D eigenvalue weighted by atomic mass is 35.5. The van der Waals surface area contributed by atoms with Gasteiger partial charge in [0.1, 0.15) is 11.5 Å². The highest BCUT2D eigenvalue weighted by Crippen LogP contribution is 2.26. The Labute approximate surface area is 176 Å². The van der Waals surface area contributed by atoms with Crippen molar-refractivity contribution >= 4 is 23.4 Å². The van der Waals surface area contributed by atoms with Crippen LogP contribution in [0.15, 0.2) is 36.4 Å². The van der Waals surface area contributed by atoms with Crippen LogP contribution in [0, 0.1) is 13.8 Å². The molecular formula is C22H25ClN2O4. The molecule has 154 valence electrons. The monoisotopic (exact) mass is 416 g/mol. The molecule has 2 aromatic rings. The largest absolute Gasteiger partial charge is 0.497 e. The fraction of sp³-hybridized carbons (Fsp3) is 0.364. The number of hydrogen-bond acceptors (Lipinski definition) is 4. The molecule has 0 spiro atoms. The third kappa shape index (κ3) is 5.01. The first-order chi connectivity index (χ1) is 13.9. The second-order valence-electron chi connectivity index (χ2n) is 7.06. The normalized spacial score (nSPS) is 13.9. The lowest BCUT2D eigenvalue weighted by Gasteiger charge is -2.34. The summed E-state index contributed by atoms with van der Waals surface area (Å²) in [4.78, 5) is 28.7. The number of carbonyl (C=O) groups excluding carboxylic acids is 2. The number of rotatable bonds is 5. The maximum Gasteiger partial charge on any atom is 0.260 e. The van der Waals surface area contributed by atoms with Gasteiger partial charge in [-0.05, 0) is 55.3 Å². The lowest BCUT2D eigenvalue weighted by Crippen LogP contribution is -2.51. The molecular weight excluding hydrogens is 392 g/mol. The summed E-state index contributed by atoms with van der Waals surface area (Å²) in [6.45, 7) is 5.71. The average molecular weight is 417 g/mol. The number of methoxy groups -OCH3 is 1. The van der Waals surface area contributed by atoms with Crippen molar-refractivity contribution in [3.8, 4) is 11.5 Å². The van der Waals surface area contributed by atoms with Crippen LogP contribution >= 0.6 is 11.6 Å². The van der Waals surface area contributed by atoms with Crippen molar-refractivity contribution in [2.45, 2.75) is 13.8 Å². The van der Waals surface area contributed by atoms with E-state index in [9.17, 15) is 9.59 Å². The van der Waals surface area contributed by atoms with Crippen LogP contribution in [0.4, 0.5) is 0 Å². The summed E-state index contributed by atoms with van der Waals surface area (Å²) in [7, 11) is 1.57. The van der Waals surface area contributed by atoms with Gasteiger partial charge < -0.3 is 19.3 Å². The quantitative estimate of drug-likeness (QED) is 0.750. The summed E-state index contributed by atoms with van der Waals surface area (Å²) in [6, 6.07) is 10.7. The first kappa shape index (κ1) is 21.0. The van der Waals surface area contributed by atoms with Crippen LogP contribution in [0.3, 0.4) is 0 Å². The van der Waals surface area contributed by atoms with E-state index >= 15 is 0 Å². The van der Waals surface area contributed by atoms with Crippen LogP contribution in [0.1, 0.15) is 21.5 Å². The Morgan fingerprint density at radius 1 is 0.966 bits per heavy atom. The Bertz CT molecular complexity index is 884. The number of piperazine rings is 1. The zero-order chi connectivity index (χ0) is 21.0. The third-order valence-corrected chi connectivity index (χ3v) is 5.60. The minimum absolute atomic E-state index is 0.0374. The van der Waals surface area contributed by atoms with Crippen molar-refractivity contribution in [1.82, 2.24) is 9.80 Å². The summed E-state index contributed by atoms with van der Waals surface area (Å²) in [6.07, 6.45) is 0. The van der Waals surface area contributed by atoms with Gasteiger partial charge in [-0.15, -0.1) is 0 Å². The number of carbonyl (C=O) groups is 2. The first-order valence-corrected chi connectivity index (χ1v) is 9.87. The minimum Gasteiger partial charge on any atom is -0.497 e. The fourth-order valence-electron chi connectivity index (χ4n) is 3.32. The molecule has 0 bridgehead atoms. The standard InChI is InChI=1S/C22H25ClN2O4/c1-15-11-19(12-16(2)21(15)23)29-14-20(26)24-7-9-25(10-8-24)22(27)17-5-4-6-18(13-17)28-3/h4-6,11-13H,7-10,14H2,1-3H3. The van der Waals surface area contributed by atoms with E-state index < -0.39 is 0 Å². The number of hydrogen-bond donors (Lipinski definition) is 0. The van der Waals surface area contributed by atoms with Crippen molar-refractivity contribution in [3.05, 3.63) is 58.1 Å². The van der Waals surface area contributed by atoms with Crippen LogP contribution in [0.5, 0.6) is 11.5 Å². The Morgan fingerprint density at radius 3 is 2.21 bits per heavy atom. The number of aryl methyl sites for hydroxylation is 2. The van der Waals surface area contributed by atoms with Crippen molar-refractivity contribution in [2.24, 2.45) is 0 Å². The molecule has 1 aliphatic rings. The first-order valence-electron chi connectivity index (χ1n) is 9.49. The molecule has 2 aromatic carbocycles. The molecule has 1 fully saturated rings. The van der Waals surface area contributed by atoms with Crippen molar-refractivity contribution in [2.75, 3.05) is 39.9 Å². The van der Waals surface area contributed by atoms with Gasteiger partial charge in [-0.3, -0.25) is 9.59 Å². The molecule has 0 atom stereocenters. The molecule has 0 aromatic heterocycles. The summed E-state index contributed by atoms with van der Waals surface area (Å²) in [5, 5.41) is 0.709. The summed E-state index contributed by atoms with van der Waals surface area (Å²) >= 11 is 6.16. The number of nitrogens with zero attached hydrogens (tertiary/aromatic N) is 2. The van der Waals surface area contributed by atoms with Gasteiger partial charge in [0.25, 0.3) is 11.8 Å². The van der Waals surface area contributed by atoms with Gasteiger partial charge in [-0.25, -0.2) is 0 Å². The Morgan fingerprint density at radius 2 is 1.59 bits per heavy atom. The Hall–Kier alpha value is -2.73. The highest BCUT2D eigenvalue weighted by Gasteiger charge is 2.25. The summed E-state index contributed by atoms with van der Waals surface area (Å²) < 4.78 is 10.8. The van der Waals surface area contributed by atoms with Crippen molar-refractivity contribution in [3.63, 3.8) is 0 Å². The van der Waals surface area contributed by atoms with Crippen LogP contribution in [-0.2, 0) is 4.79 Å². The molecule has 29 heavy (non-hydrogen) atoms. The highest BCUT2D eigenvalue weighted by molar-refractivity contribution is 6.32. The lowest BCUT2D eigenvalue weighted by molar-refractivity contribution is -0.134. The van der Waals surface area contributed by atoms with E-state index in [0.29, 0.717) is 48.3 Å². The van der Waals surface area contributed by atoms with Gasteiger partial charge >= 0.3 is 0 Å². The molecule has 3 rings (SSSR count). The maximum atomic E-state index is 12.7. The van der Waals surface area contributed by atoms with Gasteiger partial charge in [-0.2, -0.15) is 0 Å². The molecule has 0 N–H and O–H groups in total. The van der Waals surface area contributed by atoms with E-state index in [4.69, 9.17) is 21.1 Å². The molecule has 0 unspecified atom stereocenters. The fourth-order valence-corrected chi connectivity index (χ4v) is 3.43. The second kappa shape index (κ2) is 9.18. The van der Waals surface area contributed by atoms with E-state index in [0.717, 1.165) is 11.1 Å². The number of amides is 2. The van der Waals surface area contributed by atoms with Crippen LogP contribution < -0.4 is 9.47 Å². The predicted molar refractivity (Wildman–Crippen MR) is 112 cm³/mol. The van der Waals surface area contributed by atoms with Gasteiger partial charge in [0, 0.05) is 36.8 Å². The molecule has 7 heteroatoms. The molecule has 1 saturated heterocycles. The molecule has 0 saturated carbocycles. The third-order valence-electron chi connectivity index (χ3n) is 5.01. The maximum absolute atomic E-state index is 12.7. The number of halogens is 1. The molecule has 1 aliphatic heterocycles. The Balaban J connectivity index is 1.52. The number of benzene rings is 2. The van der Waals surface area contributed by atoms with E-state index in [-0.39, 0.29) is 18.4 Å². The van der Waals surface area contributed by atoms with Crippen LogP contribution in [-0.4, -0.2) is 61.5 Å². The van der Waals surface area contributed by atoms with Crippen LogP contribution in [0.2, 0.25) is 5.02 Å². The minimum atomic E-state index is -0.0938. The molecule has 0 aliphatic carbocycles. The molecule has 2 amide bonds. The summed E-state index contributed by atoms with van der Waals surface area (Å²) in [5.41, 5.74) is 2.42. The average Bonchev–Trinajstić information content (AvgIpc) is 2.75. The van der Waals surface area contributed by atoms with E-state index in [1.54, 1.807) is 41.2 Å². The SMILES string of the molecule is COc1cccc(C(=O)N2CCN(C(=O)COc3cc(C)c(Cl)c(C)c3)CC2)c1. The van der Waals surface area contributed by atoms with Gasteiger partial charge in [-0.1, -0.05) is 17.7 Å². The van der Waals surface area contributed by atoms with E-state index in [1.807, 2.05) is 26.0 Å². The van der Waals surface area contributed by atoms with E-state index in [1.165, 1.54) is 0 Å². The van der Waals surface area contributed by atoms with Gasteiger partial charge in [0.2, 0.25) is 0 Å². The lowest BCUT2D eigenvalue weighted by atomic mass is 10.1. The molecule has 1 heterocycles. The smallest absolute Gasteiger partial charge is 0.260 e. The topological polar surface area (TPSA) is 59.1 Å². The van der Waals surface area contributed by atoms with Gasteiger partial charge in [0.05, 0.1) is 7.11 Å². The predicted octanol–water partition coefficient (Wildman–Crippen LogP) is 3.33. The van der Waals surface area contributed by atoms with E-state index in [2.05, 4.69) is 0 Å².